The molecule has 0 radical (unpaired) electrons. The Balaban J connectivity index is 1.60. The van der Waals surface area contributed by atoms with Crippen molar-refractivity contribution in [2.75, 3.05) is 6.61 Å². The van der Waals surface area contributed by atoms with Crippen molar-refractivity contribution in [3.63, 3.8) is 0 Å². The van der Waals surface area contributed by atoms with Crippen LogP contribution >= 0.6 is 0 Å². The molecule has 1 fully saturated rings. The van der Waals surface area contributed by atoms with Crippen LogP contribution in [0.4, 0.5) is 0 Å². The predicted molar refractivity (Wildman–Crippen MR) is 78.7 cm³/mol. The second-order valence-electron chi connectivity index (χ2n) is 5.16. The summed E-state index contributed by atoms with van der Waals surface area (Å²) in [4.78, 5) is 23.3. The molecule has 0 saturated carbocycles. The minimum Gasteiger partial charge on any atom is -0.426 e. The number of carbonyl (C=O) groups excluding carboxylic acids is 2. The zero-order chi connectivity index (χ0) is 16.2. The molecule has 0 spiro atoms. The van der Waals surface area contributed by atoms with E-state index in [1.807, 2.05) is 0 Å². The predicted octanol–water partition coefficient (Wildman–Crippen LogP) is 0.532. The Morgan fingerprint density at radius 3 is 2.96 bits per heavy atom. The lowest BCUT2D eigenvalue weighted by Gasteiger charge is -2.08. The van der Waals surface area contributed by atoms with Crippen LogP contribution < -0.4 is 10.1 Å². The molecule has 0 unspecified atom stereocenters. The molecular weight excluding hydrogens is 300 g/mol. The summed E-state index contributed by atoms with van der Waals surface area (Å²) in [5.74, 6) is -0.593. The Hall–Kier alpha value is -2.74. The lowest BCUT2D eigenvalue weighted by Crippen LogP contribution is -2.24. The van der Waals surface area contributed by atoms with E-state index in [2.05, 4.69) is 15.6 Å². The number of carbonyl (C=O) groups is 2. The molecular formula is C15H16N4O4. The maximum atomic E-state index is 12.2. The highest BCUT2D eigenvalue weighted by atomic mass is 16.6. The fourth-order valence-corrected chi connectivity index (χ4v) is 2.05. The number of rotatable bonds is 6. The number of epoxide rings is 1. The van der Waals surface area contributed by atoms with Gasteiger partial charge in [-0.1, -0.05) is 17.3 Å². The van der Waals surface area contributed by atoms with Crippen LogP contribution in [-0.2, 0) is 22.6 Å². The van der Waals surface area contributed by atoms with Crippen LogP contribution in [0.25, 0.3) is 0 Å². The molecule has 1 aliphatic rings. The molecule has 0 bridgehead atoms. The molecule has 3 rings (SSSR count). The van der Waals surface area contributed by atoms with Gasteiger partial charge >= 0.3 is 5.97 Å². The van der Waals surface area contributed by atoms with Crippen LogP contribution in [0.3, 0.4) is 0 Å². The molecule has 1 saturated heterocycles. The summed E-state index contributed by atoms with van der Waals surface area (Å²) in [6.45, 7) is 2.93. The summed E-state index contributed by atoms with van der Waals surface area (Å²) < 4.78 is 11.8. The minimum atomic E-state index is -0.476. The van der Waals surface area contributed by atoms with Crippen LogP contribution in [0.2, 0.25) is 0 Å². The van der Waals surface area contributed by atoms with Crippen molar-refractivity contribution in [1.82, 2.24) is 20.3 Å². The van der Waals surface area contributed by atoms with Crippen LogP contribution in [0.1, 0.15) is 23.0 Å². The summed E-state index contributed by atoms with van der Waals surface area (Å²) >= 11 is 0. The van der Waals surface area contributed by atoms with Crippen molar-refractivity contribution in [3.8, 4) is 5.75 Å². The van der Waals surface area contributed by atoms with Crippen molar-refractivity contribution in [1.29, 1.82) is 0 Å². The first-order chi connectivity index (χ1) is 11.1. The first-order valence-electron chi connectivity index (χ1n) is 7.18. The fraction of sp³-hybridized carbons (Fsp3) is 0.333. The van der Waals surface area contributed by atoms with Gasteiger partial charge in [0.2, 0.25) is 0 Å². The number of esters is 1. The minimum absolute atomic E-state index is 0.217. The topological polar surface area (TPSA) is 98.6 Å². The van der Waals surface area contributed by atoms with Gasteiger partial charge in [-0.15, -0.1) is 5.10 Å². The molecule has 1 aromatic heterocycles. The highest BCUT2D eigenvalue weighted by Crippen LogP contribution is 2.18. The van der Waals surface area contributed by atoms with E-state index in [0.717, 1.165) is 6.61 Å². The van der Waals surface area contributed by atoms with Gasteiger partial charge in [0, 0.05) is 6.92 Å². The zero-order valence-corrected chi connectivity index (χ0v) is 12.6. The number of amides is 1. The number of nitrogens with one attached hydrogen (secondary N) is 1. The zero-order valence-electron chi connectivity index (χ0n) is 12.6. The van der Waals surface area contributed by atoms with Crippen molar-refractivity contribution in [3.05, 3.63) is 41.7 Å². The molecule has 1 aliphatic heterocycles. The van der Waals surface area contributed by atoms with E-state index in [1.165, 1.54) is 6.92 Å². The second-order valence-corrected chi connectivity index (χ2v) is 5.16. The highest BCUT2D eigenvalue weighted by molar-refractivity contribution is 5.97. The quantitative estimate of drug-likeness (QED) is 0.474. The van der Waals surface area contributed by atoms with Crippen LogP contribution in [0.15, 0.2) is 30.5 Å². The van der Waals surface area contributed by atoms with E-state index in [1.54, 1.807) is 35.1 Å². The maximum absolute atomic E-state index is 12.2. The molecule has 1 amide bonds. The Morgan fingerprint density at radius 1 is 1.43 bits per heavy atom. The number of nitrogens with zero attached hydrogens (tertiary/aromatic N) is 3. The van der Waals surface area contributed by atoms with Crippen LogP contribution in [-0.4, -0.2) is 39.6 Å². The van der Waals surface area contributed by atoms with E-state index >= 15 is 0 Å². The number of hydrogen-bond acceptors (Lipinski definition) is 6. The lowest BCUT2D eigenvalue weighted by atomic mass is 10.2. The van der Waals surface area contributed by atoms with E-state index in [9.17, 15) is 9.59 Å². The SMILES string of the molecule is CC(=O)Oc1ccccc1C(=O)NCc1cn(C[C@@H]2CO2)nn1. The van der Waals surface area contributed by atoms with Gasteiger partial charge in [0.15, 0.2) is 0 Å². The summed E-state index contributed by atoms with van der Waals surface area (Å²) in [5.41, 5.74) is 0.936. The smallest absolute Gasteiger partial charge is 0.308 e. The summed E-state index contributed by atoms with van der Waals surface area (Å²) in [7, 11) is 0. The third kappa shape index (κ3) is 4.13. The van der Waals surface area contributed by atoms with Crippen molar-refractivity contribution >= 4 is 11.9 Å². The molecule has 120 valence electrons. The Morgan fingerprint density at radius 2 is 2.22 bits per heavy atom. The molecule has 1 atom stereocenters. The van der Waals surface area contributed by atoms with Gasteiger partial charge in [0.25, 0.3) is 5.91 Å². The fourth-order valence-electron chi connectivity index (χ4n) is 2.05. The average Bonchev–Trinajstić information content (AvgIpc) is 3.22. The Kier molecular flexibility index (Phi) is 4.33. The number of para-hydroxylation sites is 1. The third-order valence-corrected chi connectivity index (χ3v) is 3.19. The highest BCUT2D eigenvalue weighted by Gasteiger charge is 2.23. The summed E-state index contributed by atoms with van der Waals surface area (Å²) in [6, 6.07) is 6.56. The molecule has 2 heterocycles. The van der Waals surface area contributed by atoms with Gasteiger partial charge in [0.05, 0.1) is 31.5 Å². The normalized spacial score (nSPS) is 16.0. The Bertz CT molecular complexity index is 724. The van der Waals surface area contributed by atoms with Crippen molar-refractivity contribution in [2.24, 2.45) is 0 Å². The van der Waals surface area contributed by atoms with Gasteiger partial charge in [-0.3, -0.25) is 9.59 Å². The van der Waals surface area contributed by atoms with E-state index in [-0.39, 0.29) is 24.3 Å². The van der Waals surface area contributed by atoms with E-state index < -0.39 is 5.97 Å². The molecule has 2 aromatic rings. The summed E-state index contributed by atoms with van der Waals surface area (Å²) in [5, 5.41) is 10.7. The molecule has 0 aliphatic carbocycles. The van der Waals surface area contributed by atoms with Crippen LogP contribution in [0.5, 0.6) is 5.75 Å². The monoisotopic (exact) mass is 316 g/mol. The molecule has 1 aromatic carbocycles. The van der Waals surface area contributed by atoms with Gasteiger partial charge in [-0.25, -0.2) is 4.68 Å². The number of aromatic nitrogens is 3. The number of ether oxygens (including phenoxy) is 2. The van der Waals surface area contributed by atoms with E-state index in [0.29, 0.717) is 17.8 Å². The molecule has 8 heteroatoms. The number of hydrogen-bond donors (Lipinski definition) is 1. The third-order valence-electron chi connectivity index (χ3n) is 3.19. The van der Waals surface area contributed by atoms with Crippen LogP contribution in [0, 0.1) is 0 Å². The summed E-state index contributed by atoms with van der Waals surface area (Å²) in [6.07, 6.45) is 1.98. The van der Waals surface area contributed by atoms with Gasteiger partial charge in [-0.05, 0) is 12.1 Å². The second kappa shape index (κ2) is 6.57. The molecule has 23 heavy (non-hydrogen) atoms. The lowest BCUT2D eigenvalue weighted by molar-refractivity contribution is -0.131. The van der Waals surface area contributed by atoms with Gasteiger partial charge in [-0.2, -0.15) is 0 Å². The van der Waals surface area contributed by atoms with Crippen molar-refractivity contribution in [2.45, 2.75) is 26.1 Å². The molecule has 8 nitrogen and oxygen atoms in total. The maximum Gasteiger partial charge on any atom is 0.308 e. The van der Waals surface area contributed by atoms with Crippen molar-refractivity contribution < 1.29 is 19.1 Å². The largest absolute Gasteiger partial charge is 0.426 e. The van der Waals surface area contributed by atoms with Gasteiger partial charge < -0.3 is 14.8 Å². The van der Waals surface area contributed by atoms with Gasteiger partial charge in [0.1, 0.15) is 17.5 Å². The Labute approximate surface area is 132 Å². The average molecular weight is 316 g/mol. The first kappa shape index (κ1) is 15.2. The molecule has 1 N–H and O–H groups in total. The number of benzene rings is 1. The standard InChI is InChI=1S/C15H16N4O4/c1-10(20)23-14-5-3-2-4-13(14)15(21)16-6-11-7-19(18-17-11)8-12-9-22-12/h2-5,7,12H,6,8-9H2,1H3,(H,16,21)/t12-/m1/s1. The van der Waals surface area contributed by atoms with E-state index in [4.69, 9.17) is 9.47 Å². The first-order valence-corrected chi connectivity index (χ1v) is 7.18.